The van der Waals surface area contributed by atoms with Crippen molar-refractivity contribution in [1.29, 1.82) is 0 Å². The molecule has 0 fully saturated rings. The summed E-state index contributed by atoms with van der Waals surface area (Å²) >= 11 is 0. The molecular formula is C32H47N3O6. The van der Waals surface area contributed by atoms with Crippen molar-refractivity contribution in [3.63, 3.8) is 0 Å². The SMILES string of the molecule is C[C@@H]1CCCCO[C@@H](CN(C)Cc2ccc(C(=O)O)cc2)[C@@H](C)CN([C@H](C)CO)C(=O)c2cc(N(C)C)ccc2O1. The van der Waals surface area contributed by atoms with Crippen molar-refractivity contribution in [3.05, 3.63) is 59.2 Å². The lowest BCUT2D eigenvalue weighted by atomic mass is 10.0. The van der Waals surface area contributed by atoms with Crippen molar-refractivity contribution < 1.29 is 29.3 Å². The molecule has 0 aliphatic carbocycles. The van der Waals surface area contributed by atoms with E-state index in [2.05, 4.69) is 11.8 Å². The summed E-state index contributed by atoms with van der Waals surface area (Å²) in [5, 5.41) is 19.3. The minimum absolute atomic E-state index is 0.0203. The van der Waals surface area contributed by atoms with E-state index in [4.69, 9.17) is 9.47 Å². The van der Waals surface area contributed by atoms with Gasteiger partial charge in [0.1, 0.15) is 5.75 Å². The minimum atomic E-state index is -0.940. The maximum Gasteiger partial charge on any atom is 0.335 e. The van der Waals surface area contributed by atoms with Gasteiger partial charge in [-0.25, -0.2) is 4.79 Å². The molecule has 1 heterocycles. The fourth-order valence-corrected chi connectivity index (χ4v) is 5.09. The number of carboxylic acids is 1. The Kier molecular flexibility index (Phi) is 12.0. The minimum Gasteiger partial charge on any atom is -0.490 e. The van der Waals surface area contributed by atoms with E-state index < -0.39 is 12.0 Å². The number of amides is 1. The summed E-state index contributed by atoms with van der Waals surface area (Å²) in [6, 6.07) is 12.2. The Balaban J connectivity index is 1.87. The molecule has 2 aromatic carbocycles. The number of aliphatic hydroxyl groups excluding tert-OH is 1. The van der Waals surface area contributed by atoms with Gasteiger partial charge < -0.3 is 29.5 Å². The highest BCUT2D eigenvalue weighted by Crippen LogP contribution is 2.29. The zero-order valence-corrected chi connectivity index (χ0v) is 25.4. The average molecular weight is 570 g/mol. The van der Waals surface area contributed by atoms with Crippen LogP contribution in [0.4, 0.5) is 5.69 Å². The molecular weight excluding hydrogens is 522 g/mol. The summed E-state index contributed by atoms with van der Waals surface area (Å²) in [5.74, 6) is -0.570. The molecule has 0 spiro atoms. The van der Waals surface area contributed by atoms with Gasteiger partial charge in [-0.05, 0) is 76.1 Å². The lowest BCUT2D eigenvalue weighted by molar-refractivity contribution is -0.0177. The topological polar surface area (TPSA) is 103 Å². The standard InChI is InChI=1S/C32H47N3O6/c1-22-18-35(23(2)21-36)31(37)28-17-27(33(4)5)14-15-29(28)41-24(3)9-7-8-16-40-30(22)20-34(6)19-25-10-12-26(13-11-25)32(38)39/h10-15,17,22-24,30,36H,7-9,16,18-21H2,1-6H3,(H,38,39)/t22-,23+,24+,30-/m0/s1. The van der Waals surface area contributed by atoms with Crippen molar-refractivity contribution in [2.24, 2.45) is 5.92 Å². The highest BCUT2D eigenvalue weighted by molar-refractivity contribution is 5.98. The molecule has 0 radical (unpaired) electrons. The van der Waals surface area contributed by atoms with Gasteiger partial charge in [0, 0.05) is 51.9 Å². The van der Waals surface area contributed by atoms with E-state index in [1.807, 2.05) is 70.2 Å². The first kappa shape index (κ1) is 32.4. The quantitative estimate of drug-likeness (QED) is 0.483. The van der Waals surface area contributed by atoms with Gasteiger partial charge in [-0.2, -0.15) is 0 Å². The second-order valence-corrected chi connectivity index (χ2v) is 11.6. The van der Waals surface area contributed by atoms with Gasteiger partial charge in [-0.15, -0.1) is 0 Å². The van der Waals surface area contributed by atoms with Crippen LogP contribution < -0.4 is 9.64 Å². The van der Waals surface area contributed by atoms with E-state index in [1.54, 1.807) is 17.0 Å². The zero-order valence-electron chi connectivity index (χ0n) is 25.4. The van der Waals surface area contributed by atoms with Crippen molar-refractivity contribution in [1.82, 2.24) is 9.80 Å². The molecule has 2 aromatic rings. The van der Waals surface area contributed by atoms with Crippen LogP contribution in [0.1, 0.15) is 66.3 Å². The van der Waals surface area contributed by atoms with Gasteiger partial charge in [0.2, 0.25) is 0 Å². The first-order valence-electron chi connectivity index (χ1n) is 14.5. The Morgan fingerprint density at radius 3 is 2.44 bits per heavy atom. The Bertz CT molecular complexity index is 1140. The lowest BCUT2D eigenvalue weighted by Gasteiger charge is -2.36. The number of carboxylic acid groups (broad SMARTS) is 1. The molecule has 9 heteroatoms. The van der Waals surface area contributed by atoms with Gasteiger partial charge >= 0.3 is 5.97 Å². The second kappa shape index (κ2) is 15.2. The fourth-order valence-electron chi connectivity index (χ4n) is 5.09. The number of benzene rings is 2. The van der Waals surface area contributed by atoms with Crippen molar-refractivity contribution in [2.75, 3.05) is 52.3 Å². The summed E-state index contributed by atoms with van der Waals surface area (Å²) < 4.78 is 12.7. The normalized spacial score (nSPS) is 21.5. The van der Waals surface area contributed by atoms with Gasteiger partial charge in [0.25, 0.3) is 5.91 Å². The molecule has 41 heavy (non-hydrogen) atoms. The second-order valence-electron chi connectivity index (χ2n) is 11.6. The number of fused-ring (bicyclic) bond motifs is 1. The summed E-state index contributed by atoms with van der Waals surface area (Å²) in [5.41, 5.74) is 2.67. The first-order valence-corrected chi connectivity index (χ1v) is 14.5. The molecule has 1 aliphatic heterocycles. The van der Waals surface area contributed by atoms with Crippen LogP contribution in [0.25, 0.3) is 0 Å². The first-order chi connectivity index (χ1) is 19.5. The van der Waals surface area contributed by atoms with Gasteiger partial charge in [-0.1, -0.05) is 19.1 Å². The van der Waals surface area contributed by atoms with Crippen molar-refractivity contribution in [3.8, 4) is 5.75 Å². The third kappa shape index (κ3) is 9.18. The Morgan fingerprint density at radius 2 is 1.80 bits per heavy atom. The van der Waals surface area contributed by atoms with E-state index in [0.717, 1.165) is 30.5 Å². The number of carbonyl (C=O) groups is 2. The lowest BCUT2D eigenvalue weighted by Crippen LogP contribution is -2.47. The third-order valence-corrected chi connectivity index (χ3v) is 7.70. The van der Waals surface area contributed by atoms with Crippen LogP contribution in [0, 0.1) is 5.92 Å². The predicted molar refractivity (Wildman–Crippen MR) is 161 cm³/mol. The molecule has 1 amide bonds. The van der Waals surface area contributed by atoms with Crippen LogP contribution in [-0.2, 0) is 11.3 Å². The molecule has 226 valence electrons. The van der Waals surface area contributed by atoms with E-state index in [-0.39, 0.29) is 36.2 Å². The predicted octanol–water partition coefficient (Wildman–Crippen LogP) is 4.38. The van der Waals surface area contributed by atoms with E-state index in [9.17, 15) is 19.8 Å². The Hall–Kier alpha value is -3.14. The summed E-state index contributed by atoms with van der Waals surface area (Å²) in [4.78, 5) is 31.2. The molecule has 0 saturated carbocycles. The molecule has 0 saturated heterocycles. The molecule has 2 N–H and O–H groups in total. The van der Waals surface area contributed by atoms with Crippen LogP contribution >= 0.6 is 0 Å². The number of anilines is 1. The molecule has 9 nitrogen and oxygen atoms in total. The number of likely N-dealkylation sites (N-methyl/N-ethyl adjacent to an activating group) is 1. The maximum absolute atomic E-state index is 14.1. The summed E-state index contributed by atoms with van der Waals surface area (Å²) in [7, 11) is 5.89. The number of carbonyl (C=O) groups excluding carboxylic acids is 1. The number of nitrogens with zero attached hydrogens (tertiary/aromatic N) is 3. The molecule has 3 rings (SSSR count). The molecule has 4 atom stereocenters. The fraction of sp³-hybridized carbons (Fsp3) is 0.562. The van der Waals surface area contributed by atoms with Crippen LogP contribution in [-0.4, -0.2) is 97.6 Å². The largest absolute Gasteiger partial charge is 0.490 e. The molecule has 1 aliphatic rings. The summed E-state index contributed by atoms with van der Waals surface area (Å²) in [6.07, 6.45) is 2.48. The van der Waals surface area contributed by atoms with Crippen LogP contribution in [0.15, 0.2) is 42.5 Å². The number of rotatable bonds is 8. The van der Waals surface area contributed by atoms with Gasteiger partial charge in [-0.3, -0.25) is 9.69 Å². The molecule has 0 unspecified atom stereocenters. The maximum atomic E-state index is 14.1. The highest BCUT2D eigenvalue weighted by Gasteiger charge is 2.30. The van der Waals surface area contributed by atoms with Gasteiger partial charge in [0.15, 0.2) is 0 Å². The summed E-state index contributed by atoms with van der Waals surface area (Å²) in [6.45, 7) is 8.11. The molecule has 0 bridgehead atoms. The Labute approximate surface area is 244 Å². The van der Waals surface area contributed by atoms with Crippen LogP contribution in [0.3, 0.4) is 0 Å². The highest BCUT2D eigenvalue weighted by atomic mass is 16.5. The van der Waals surface area contributed by atoms with Crippen LogP contribution in [0.2, 0.25) is 0 Å². The van der Waals surface area contributed by atoms with Crippen molar-refractivity contribution in [2.45, 2.75) is 64.8 Å². The Morgan fingerprint density at radius 1 is 1.10 bits per heavy atom. The zero-order chi connectivity index (χ0) is 30.1. The number of aliphatic hydroxyl groups is 1. The van der Waals surface area contributed by atoms with Crippen molar-refractivity contribution >= 4 is 17.6 Å². The third-order valence-electron chi connectivity index (χ3n) is 7.70. The van der Waals surface area contributed by atoms with E-state index >= 15 is 0 Å². The van der Waals surface area contributed by atoms with E-state index in [1.165, 1.54) is 0 Å². The number of ether oxygens (including phenoxy) is 2. The number of aromatic carboxylic acids is 1. The monoisotopic (exact) mass is 569 g/mol. The smallest absolute Gasteiger partial charge is 0.335 e. The average Bonchev–Trinajstić information content (AvgIpc) is 2.94. The van der Waals surface area contributed by atoms with E-state index in [0.29, 0.717) is 37.6 Å². The van der Waals surface area contributed by atoms with Gasteiger partial charge in [0.05, 0.1) is 36.0 Å². The number of hydrogen-bond donors (Lipinski definition) is 2. The van der Waals surface area contributed by atoms with Crippen LogP contribution in [0.5, 0.6) is 5.75 Å². The number of hydrogen-bond acceptors (Lipinski definition) is 7. The molecule has 0 aromatic heterocycles.